The maximum Gasteiger partial charge on any atom is 0.344 e. The molecule has 0 bridgehead atoms. The lowest BCUT2D eigenvalue weighted by Gasteiger charge is -2.24. The Morgan fingerprint density at radius 3 is 2.00 bits per heavy atom. The minimum absolute atomic E-state index is 0.0134. The fraction of sp³-hybridized carbons (Fsp3) is 0.619. The Bertz CT molecular complexity index is 575. The second kappa shape index (κ2) is 12.5. The summed E-state index contributed by atoms with van der Waals surface area (Å²) >= 11 is 0. The van der Waals surface area contributed by atoms with Crippen molar-refractivity contribution in [1.82, 2.24) is 5.32 Å². The third kappa shape index (κ3) is 14.1. The largest absolute Gasteiger partial charge is 0.458 e. The fourth-order valence-corrected chi connectivity index (χ4v) is 1.93. The smallest absolute Gasteiger partial charge is 0.344 e. The van der Waals surface area contributed by atoms with E-state index in [0.717, 1.165) is 5.56 Å². The van der Waals surface area contributed by atoms with Gasteiger partial charge in [0, 0.05) is 0 Å². The molecule has 0 spiro atoms. The van der Waals surface area contributed by atoms with Gasteiger partial charge in [-0.2, -0.15) is 0 Å². The Kier molecular flexibility index (Phi) is 11.6. The van der Waals surface area contributed by atoms with Crippen LogP contribution in [0.3, 0.4) is 0 Å². The molecule has 7 heteroatoms. The van der Waals surface area contributed by atoms with E-state index >= 15 is 0 Å². The highest BCUT2D eigenvalue weighted by Crippen LogP contribution is 2.21. The van der Waals surface area contributed by atoms with Crippen molar-refractivity contribution >= 4 is 11.9 Å². The van der Waals surface area contributed by atoms with Crippen LogP contribution in [0, 0.1) is 5.41 Å². The number of carbonyl (C=O) groups excluding carboxylic acids is 2. The molecular weight excluding hydrogens is 362 g/mol. The van der Waals surface area contributed by atoms with Gasteiger partial charge in [-0.05, 0) is 45.2 Å². The standard InChI is InChI=1S/C17H25NO4.C4H10O2/c1-17(2,3)10-14(18-4)16(20)22-12-15(19)21-11-13-8-6-5-7-9-13;1-4(2,3)6-5/h5-9,14,18H,10-12H2,1-4H3;5H,1-3H3/t14-;/m0./s1. The van der Waals surface area contributed by atoms with Crippen LogP contribution >= 0.6 is 0 Å². The first-order chi connectivity index (χ1) is 12.9. The summed E-state index contributed by atoms with van der Waals surface area (Å²) in [5.74, 6) is -0.989. The van der Waals surface area contributed by atoms with Crippen LogP contribution in [0.15, 0.2) is 30.3 Å². The average molecular weight is 398 g/mol. The van der Waals surface area contributed by atoms with Gasteiger partial charge < -0.3 is 14.8 Å². The summed E-state index contributed by atoms with van der Waals surface area (Å²) < 4.78 is 10.1. The minimum atomic E-state index is -0.553. The Morgan fingerprint density at radius 1 is 1.04 bits per heavy atom. The molecule has 0 aromatic heterocycles. The van der Waals surface area contributed by atoms with E-state index in [1.165, 1.54) is 0 Å². The van der Waals surface area contributed by atoms with E-state index in [-0.39, 0.29) is 18.6 Å². The SMILES string of the molecule is CC(C)(C)OO.CN[C@@H](CC(C)(C)C)C(=O)OCC(=O)OCc1ccccc1. The van der Waals surface area contributed by atoms with E-state index in [9.17, 15) is 9.59 Å². The van der Waals surface area contributed by atoms with Gasteiger partial charge in [0.25, 0.3) is 0 Å². The van der Waals surface area contributed by atoms with Crippen molar-refractivity contribution in [3.05, 3.63) is 35.9 Å². The van der Waals surface area contributed by atoms with Gasteiger partial charge in [0.15, 0.2) is 6.61 Å². The van der Waals surface area contributed by atoms with E-state index in [1.54, 1.807) is 27.8 Å². The molecule has 1 rings (SSSR count). The first-order valence-electron chi connectivity index (χ1n) is 9.24. The molecule has 0 amide bonds. The van der Waals surface area contributed by atoms with Crippen molar-refractivity contribution in [1.29, 1.82) is 0 Å². The van der Waals surface area contributed by atoms with Gasteiger partial charge in [0.1, 0.15) is 12.6 Å². The van der Waals surface area contributed by atoms with Crippen LogP contribution in [0.25, 0.3) is 0 Å². The minimum Gasteiger partial charge on any atom is -0.458 e. The number of hydrogen-bond acceptors (Lipinski definition) is 7. The summed E-state index contributed by atoms with van der Waals surface area (Å²) in [5.41, 5.74) is 0.476. The molecule has 0 aliphatic heterocycles. The van der Waals surface area contributed by atoms with Gasteiger partial charge in [-0.1, -0.05) is 51.1 Å². The lowest BCUT2D eigenvalue weighted by atomic mass is 9.88. The van der Waals surface area contributed by atoms with Gasteiger partial charge in [0.05, 0.1) is 5.60 Å². The topological polar surface area (TPSA) is 94.1 Å². The first kappa shape index (κ1) is 26.0. The maximum atomic E-state index is 11.9. The summed E-state index contributed by atoms with van der Waals surface area (Å²) in [5, 5.41) is 10.8. The van der Waals surface area contributed by atoms with Crippen molar-refractivity contribution in [2.75, 3.05) is 13.7 Å². The lowest BCUT2D eigenvalue weighted by molar-refractivity contribution is -0.306. The zero-order valence-electron chi connectivity index (χ0n) is 18.1. The number of esters is 2. The molecule has 2 N–H and O–H groups in total. The van der Waals surface area contributed by atoms with E-state index in [1.807, 2.05) is 51.1 Å². The Hall–Kier alpha value is -1.96. The summed E-state index contributed by atoms with van der Waals surface area (Å²) in [6, 6.07) is 8.92. The van der Waals surface area contributed by atoms with Gasteiger partial charge in [-0.25, -0.2) is 9.68 Å². The van der Waals surface area contributed by atoms with Crippen molar-refractivity contribution in [2.45, 2.75) is 66.2 Å². The molecule has 28 heavy (non-hydrogen) atoms. The number of hydrogen-bond donors (Lipinski definition) is 2. The number of carbonyl (C=O) groups is 2. The van der Waals surface area contributed by atoms with E-state index in [4.69, 9.17) is 14.7 Å². The molecule has 0 aliphatic rings. The van der Waals surface area contributed by atoms with Gasteiger partial charge in [-0.15, -0.1) is 0 Å². The van der Waals surface area contributed by atoms with Crippen molar-refractivity contribution < 1.29 is 29.2 Å². The summed E-state index contributed by atoms with van der Waals surface area (Å²) in [7, 11) is 1.70. The molecule has 1 aromatic rings. The highest BCUT2D eigenvalue weighted by Gasteiger charge is 2.25. The number of rotatable bonds is 7. The molecule has 0 aliphatic carbocycles. The van der Waals surface area contributed by atoms with Gasteiger partial charge in [-0.3, -0.25) is 10.1 Å². The number of benzene rings is 1. The van der Waals surface area contributed by atoms with Crippen LogP contribution in [-0.4, -0.2) is 42.5 Å². The number of likely N-dealkylation sites (N-methyl/N-ethyl adjacent to an activating group) is 1. The third-order valence-electron chi connectivity index (χ3n) is 3.30. The molecular formula is C21H35NO6. The van der Waals surface area contributed by atoms with Gasteiger partial charge >= 0.3 is 11.9 Å². The van der Waals surface area contributed by atoms with Crippen LogP contribution in [0.2, 0.25) is 0 Å². The molecule has 1 aromatic carbocycles. The Labute approximate surface area is 168 Å². The maximum absolute atomic E-state index is 11.9. The van der Waals surface area contributed by atoms with Crippen molar-refractivity contribution in [2.24, 2.45) is 5.41 Å². The van der Waals surface area contributed by atoms with E-state index < -0.39 is 23.6 Å². The van der Waals surface area contributed by atoms with Crippen molar-refractivity contribution in [3.63, 3.8) is 0 Å². The normalized spacial score (nSPS) is 12.4. The molecule has 0 fully saturated rings. The summed E-state index contributed by atoms with van der Waals surface area (Å²) in [6.07, 6.45) is 0.626. The van der Waals surface area contributed by atoms with Crippen LogP contribution < -0.4 is 5.32 Å². The van der Waals surface area contributed by atoms with Crippen LogP contribution in [-0.2, 0) is 30.6 Å². The number of ether oxygens (including phenoxy) is 2. The average Bonchev–Trinajstić information content (AvgIpc) is 2.62. The van der Waals surface area contributed by atoms with Crippen LogP contribution in [0.1, 0.15) is 53.5 Å². The highest BCUT2D eigenvalue weighted by atomic mass is 17.1. The molecule has 7 nitrogen and oxygen atoms in total. The summed E-state index contributed by atoms with van der Waals surface area (Å²) in [4.78, 5) is 27.5. The molecule has 0 radical (unpaired) electrons. The zero-order chi connectivity index (χ0) is 21.8. The van der Waals surface area contributed by atoms with Crippen LogP contribution in [0.4, 0.5) is 0 Å². The molecule has 0 saturated heterocycles. The Balaban J connectivity index is 0.00000105. The monoisotopic (exact) mass is 397 g/mol. The molecule has 0 unspecified atom stereocenters. The predicted molar refractivity (Wildman–Crippen MR) is 108 cm³/mol. The molecule has 0 heterocycles. The zero-order valence-corrected chi connectivity index (χ0v) is 18.1. The van der Waals surface area contributed by atoms with E-state index in [2.05, 4.69) is 10.2 Å². The van der Waals surface area contributed by atoms with E-state index in [0.29, 0.717) is 6.42 Å². The van der Waals surface area contributed by atoms with Crippen molar-refractivity contribution in [3.8, 4) is 0 Å². The van der Waals surface area contributed by atoms with Crippen LogP contribution in [0.5, 0.6) is 0 Å². The fourth-order valence-electron chi connectivity index (χ4n) is 1.93. The van der Waals surface area contributed by atoms with Gasteiger partial charge in [0.2, 0.25) is 0 Å². The first-order valence-corrected chi connectivity index (χ1v) is 9.24. The second-order valence-electron chi connectivity index (χ2n) is 8.56. The number of nitrogens with one attached hydrogen (secondary N) is 1. The molecule has 0 saturated carbocycles. The summed E-state index contributed by atoms with van der Waals surface area (Å²) in [6.45, 7) is 11.2. The predicted octanol–water partition coefficient (Wildman–Crippen LogP) is 3.57. The molecule has 1 atom stereocenters. The molecule has 160 valence electrons. The second-order valence-corrected chi connectivity index (χ2v) is 8.56. The highest BCUT2D eigenvalue weighted by molar-refractivity contribution is 5.79. The Morgan fingerprint density at radius 2 is 1.57 bits per heavy atom. The third-order valence-corrected chi connectivity index (χ3v) is 3.30. The quantitative estimate of drug-likeness (QED) is 0.413. The lowest BCUT2D eigenvalue weighted by Crippen LogP contribution is -2.39.